The van der Waals surface area contributed by atoms with Crippen LogP contribution in [0, 0.1) is 11.8 Å². The second-order valence-corrected chi connectivity index (χ2v) is 37.4. The van der Waals surface area contributed by atoms with Crippen molar-refractivity contribution in [3.63, 3.8) is 0 Å². The van der Waals surface area contributed by atoms with Gasteiger partial charge in [0, 0.05) is 129 Å². The molecule has 1 unspecified atom stereocenters. The number of unbranched alkanes of at least 4 members (excludes halogenated alkanes) is 6. The number of aliphatic hydroxyl groups excluding tert-OH is 21. The first kappa shape index (κ1) is 135. The molecule has 0 spiro atoms. The Morgan fingerprint density at radius 1 is 0.267 bits per heavy atom. The van der Waals surface area contributed by atoms with Gasteiger partial charge in [0.1, 0.15) is 122 Å². The lowest BCUT2D eigenvalue weighted by Crippen LogP contribution is -2.59. The Hall–Kier alpha value is -7.52. The van der Waals surface area contributed by atoms with Gasteiger partial charge in [-0.2, -0.15) is 0 Å². The third-order valence-electron chi connectivity index (χ3n) is 24.9. The highest BCUT2D eigenvalue weighted by atomic mass is 16.7. The summed E-state index contributed by atoms with van der Waals surface area (Å²) in [6.45, 7) is 7.52. The lowest BCUT2D eigenvalue weighted by molar-refractivity contribution is -0.300. The molecule has 6 fully saturated rings. The Labute approximate surface area is 870 Å². The normalized spacial score (nSPS) is 29.9. The number of nitrogens with zero attached hydrogens (tertiary/aromatic N) is 2. The molecule has 57 nitrogen and oxygen atoms in total. The summed E-state index contributed by atoms with van der Waals surface area (Å²) in [7, 11) is 0. The summed E-state index contributed by atoms with van der Waals surface area (Å²) >= 11 is 0. The molecule has 11 amide bonds. The van der Waals surface area contributed by atoms with Crippen LogP contribution in [0.15, 0.2) is 0 Å². The molecule has 32 N–H and O–H groups in total. The van der Waals surface area contributed by atoms with Crippen LogP contribution in [-0.4, -0.2) is 536 Å². The topological polar surface area (TPSA) is 870 Å². The van der Waals surface area contributed by atoms with E-state index < -0.39 is 257 Å². The highest BCUT2D eigenvalue weighted by molar-refractivity contribution is 5.86. The standard InChI is InChI=1S/C33H59N3O14.2C30H55N5O15/c1-3-7-22(38)8-5-4-6-9-34-24(39)14-20(16-26(41)36-11-13-49-33-32(47)30(45)27(42)19(2)50-33)15-25(40)35-10-12-48-23-17-21(18-37)28(43)31(46)29(23)44;2*1-3-31-19(37)7-5-4-6-8-32-20(38)13-35(14-21(39)33-9-11-47-29-27(45)25(43)23(41)17(2)49-29)15-22(40)34-10-12-48-30-28(46)26(44)24(42)18(16-36)50-30/h19-21,23,27-33,37,42-47H,3-18H2,1-2H3,(H,34,39)(H,35,40)(H,36,41);2*17-18,23-30,36,41-46H,3-16H2,1-2H3,(H,31,37)(H,32,38)(H,33,39)(H,34,40)/t19-,20?,21+,23+,27+,28+,29+,30+,31-,32-,33+;2*17-,18+,23+,24+,25+,26-,27-,28-,29+,30+/m000/s1. The molecule has 150 heavy (non-hydrogen) atoms. The molecule has 5 heterocycles. The number of rotatable bonds is 67. The van der Waals surface area contributed by atoms with Gasteiger partial charge in [-0.25, -0.2) is 0 Å². The number of carbonyl (C=O) groups excluding carboxylic acids is 12. The maximum atomic E-state index is 12.8. The zero-order valence-corrected chi connectivity index (χ0v) is 86.2. The smallest absolute Gasteiger partial charge is 0.234 e. The van der Waals surface area contributed by atoms with Gasteiger partial charge in [0.25, 0.3) is 0 Å². The van der Waals surface area contributed by atoms with Crippen LogP contribution < -0.4 is 58.5 Å². The van der Waals surface area contributed by atoms with E-state index in [0.717, 1.165) is 19.3 Å². The Bertz CT molecular complexity index is 3500. The van der Waals surface area contributed by atoms with Crippen LogP contribution in [0.25, 0.3) is 0 Å². The molecule has 0 radical (unpaired) electrons. The Morgan fingerprint density at radius 2 is 0.527 bits per heavy atom. The van der Waals surface area contributed by atoms with E-state index in [4.69, 9.17) is 52.1 Å². The number of hydrogen-bond donors (Lipinski definition) is 32. The number of amides is 11. The molecule has 0 bridgehead atoms. The highest BCUT2D eigenvalue weighted by Crippen LogP contribution is 2.30. The van der Waals surface area contributed by atoms with Crippen molar-refractivity contribution in [3.8, 4) is 0 Å². The summed E-state index contributed by atoms with van der Waals surface area (Å²) < 4.78 is 59.1. The van der Waals surface area contributed by atoms with Crippen LogP contribution in [0.3, 0.4) is 0 Å². The van der Waals surface area contributed by atoms with Crippen LogP contribution in [0.5, 0.6) is 0 Å². The molecule has 1 saturated carbocycles. The molecular formula is C93H169N13O44. The maximum absolute atomic E-state index is 12.8. The molecule has 6 aliphatic rings. The molecule has 57 heteroatoms. The number of aliphatic hydroxyl groups is 21. The Morgan fingerprint density at radius 3 is 0.813 bits per heavy atom. The van der Waals surface area contributed by atoms with Crippen molar-refractivity contribution in [2.75, 3.05) is 171 Å². The van der Waals surface area contributed by atoms with E-state index in [-0.39, 0.29) is 167 Å². The van der Waals surface area contributed by atoms with Crippen molar-refractivity contribution >= 4 is 70.8 Å². The molecule has 1 aliphatic carbocycles. The molecule has 31 atom stereocenters. The van der Waals surface area contributed by atoms with Crippen molar-refractivity contribution in [3.05, 3.63) is 0 Å². The minimum Gasteiger partial charge on any atom is -0.396 e. The number of hydrogen-bond acceptors (Lipinski definition) is 46. The first-order valence-electron chi connectivity index (χ1n) is 51.3. The molecular weight excluding hydrogens is 2000 g/mol. The van der Waals surface area contributed by atoms with Crippen LogP contribution in [0.1, 0.15) is 157 Å². The lowest BCUT2D eigenvalue weighted by atomic mass is 9.81. The first-order chi connectivity index (χ1) is 71.3. The van der Waals surface area contributed by atoms with Crippen LogP contribution in [0.4, 0.5) is 0 Å². The van der Waals surface area contributed by atoms with Crippen molar-refractivity contribution in [1.29, 1.82) is 0 Å². The third kappa shape index (κ3) is 50.6. The van der Waals surface area contributed by atoms with Gasteiger partial charge in [0.2, 0.25) is 65.0 Å². The minimum absolute atomic E-state index is 0.00245. The van der Waals surface area contributed by atoms with E-state index >= 15 is 0 Å². The molecule has 0 aromatic rings. The summed E-state index contributed by atoms with van der Waals surface area (Å²) in [5.41, 5.74) is 0. The maximum Gasteiger partial charge on any atom is 0.234 e. The van der Waals surface area contributed by atoms with Crippen molar-refractivity contribution < 1.29 is 217 Å². The third-order valence-corrected chi connectivity index (χ3v) is 24.9. The van der Waals surface area contributed by atoms with Gasteiger partial charge in [-0.3, -0.25) is 67.3 Å². The van der Waals surface area contributed by atoms with Gasteiger partial charge >= 0.3 is 0 Å². The van der Waals surface area contributed by atoms with E-state index in [1.54, 1.807) is 0 Å². The van der Waals surface area contributed by atoms with Crippen molar-refractivity contribution in [2.45, 2.75) is 335 Å². The summed E-state index contributed by atoms with van der Waals surface area (Å²) in [6, 6.07) is 0. The molecule has 870 valence electrons. The zero-order valence-electron chi connectivity index (χ0n) is 86.2. The molecule has 5 saturated heterocycles. The average molecular weight is 2170 g/mol. The van der Waals surface area contributed by atoms with Crippen LogP contribution in [0.2, 0.25) is 0 Å². The summed E-state index contributed by atoms with van der Waals surface area (Å²) in [4.78, 5) is 152. The average Bonchev–Trinajstić information content (AvgIpc) is 0.825. The minimum atomic E-state index is -1.62. The Kier molecular flexibility index (Phi) is 67.0. The second-order valence-electron chi connectivity index (χ2n) is 37.4. The fourth-order valence-corrected chi connectivity index (χ4v) is 16.3. The SMILES string of the molecule is CCCC(=O)CCCCCNC(=O)CC(CC(=O)NCCO[C@@H]1O[C@@H](C)[C@@H](O)[C@@H](O)[C@@H]1O)CC(=O)NCCO[C@@H]1C[C@H](CO)[C@@H](O)[C@H](O)[C@@H]1O.CCNC(=O)CCCCCNC(=O)CN(CC(=O)NCCO[C@@H]1O[C@H](CO)[C@@H](O)[C@H](O)[C@@H]1O)CC(=O)NCCO[C@@H]1O[C@@H](C)[C@@H](O)[C@@H](O)[C@@H]1O.CCNC(=O)CCCCCNC(=O)CN(CC(=O)NCCO[C@@H]1O[C@H](CO)[C@@H](O)[C@H](O)[C@@H]1O)CC(=O)NCCO[C@@H]1O[C@@H](C)[C@@H](O)[C@@H](O)[C@@H]1O. The summed E-state index contributed by atoms with van der Waals surface area (Å²) in [5, 5.41) is 236. The van der Waals surface area contributed by atoms with Crippen molar-refractivity contribution in [2.24, 2.45) is 11.8 Å². The zero-order chi connectivity index (χ0) is 112. The van der Waals surface area contributed by atoms with Gasteiger partial charge in [-0.05, 0) is 91.9 Å². The highest BCUT2D eigenvalue weighted by Gasteiger charge is 2.49. The quantitative estimate of drug-likeness (QED) is 0.0251. The molecule has 6 rings (SSSR count). The van der Waals surface area contributed by atoms with Gasteiger partial charge < -0.3 is 218 Å². The number of Topliss-reactive ketones (excluding diaryl/α,β-unsaturated/α-hetero) is 1. The largest absolute Gasteiger partial charge is 0.396 e. The summed E-state index contributed by atoms with van der Waals surface area (Å²) in [5.74, 6) is -5.60. The van der Waals surface area contributed by atoms with Gasteiger partial charge in [0.15, 0.2) is 31.5 Å². The Balaban J connectivity index is 0.000000468. The fraction of sp³-hybridized carbons (Fsp3) is 0.871. The van der Waals surface area contributed by atoms with Crippen LogP contribution in [-0.2, 0) is 110 Å². The monoisotopic (exact) mass is 2170 g/mol. The fourth-order valence-electron chi connectivity index (χ4n) is 16.3. The van der Waals surface area contributed by atoms with Crippen LogP contribution >= 0.6 is 0 Å². The van der Waals surface area contributed by atoms with Crippen molar-refractivity contribution in [1.82, 2.24) is 68.3 Å². The van der Waals surface area contributed by atoms with E-state index in [1.807, 2.05) is 20.8 Å². The van der Waals surface area contributed by atoms with E-state index in [2.05, 4.69) is 58.5 Å². The number of carbonyl (C=O) groups is 12. The predicted molar refractivity (Wildman–Crippen MR) is 517 cm³/mol. The van der Waals surface area contributed by atoms with E-state index in [0.29, 0.717) is 103 Å². The van der Waals surface area contributed by atoms with Gasteiger partial charge in [-0.1, -0.05) is 26.2 Å². The number of ether oxygens (including phenoxy) is 11. The molecule has 0 aromatic carbocycles. The first-order valence-corrected chi connectivity index (χ1v) is 51.3. The van der Waals surface area contributed by atoms with E-state index in [1.165, 1.54) is 30.6 Å². The number of nitrogens with one attached hydrogen (secondary N) is 11. The molecule has 0 aromatic heterocycles. The number of ketones is 1. The van der Waals surface area contributed by atoms with E-state index in [9.17, 15) is 165 Å². The molecule has 5 aliphatic heterocycles. The summed E-state index contributed by atoms with van der Waals surface area (Å²) in [6.07, 6.45) is -30.0. The predicted octanol–water partition coefficient (Wildman–Crippen LogP) is -14.6. The second kappa shape index (κ2) is 74.6. The van der Waals surface area contributed by atoms with Gasteiger partial charge in [-0.15, -0.1) is 0 Å². The van der Waals surface area contributed by atoms with Gasteiger partial charge in [0.05, 0.1) is 123 Å². The lowest BCUT2D eigenvalue weighted by Gasteiger charge is -2.39.